The van der Waals surface area contributed by atoms with Crippen LogP contribution in [0.5, 0.6) is 0 Å². The average molecular weight is 208 g/mol. The maximum Gasteiger partial charge on any atom is 0.280 e. The number of alkyl halides is 2. The van der Waals surface area contributed by atoms with Gasteiger partial charge in [-0.15, -0.1) is 0 Å². The van der Waals surface area contributed by atoms with Gasteiger partial charge in [-0.2, -0.15) is 0 Å². The summed E-state index contributed by atoms with van der Waals surface area (Å²) in [6.45, 7) is -0.353. The summed E-state index contributed by atoms with van der Waals surface area (Å²) in [6, 6.07) is 0. The molecule has 78 valence electrons. The minimum Gasteiger partial charge on any atom is -0.330 e. The molecule has 0 unspecified atom stereocenters. The molecule has 0 atom stereocenters. The minimum atomic E-state index is -3.59. The van der Waals surface area contributed by atoms with Crippen molar-refractivity contribution >= 4 is 0 Å². The summed E-state index contributed by atoms with van der Waals surface area (Å²) in [5, 5.41) is 0. The molecule has 6 heteroatoms. The fraction of sp³-hybridized carbons (Fsp3) is 0.375. The molecule has 14 heavy (non-hydrogen) atoms. The minimum absolute atomic E-state index is 0.353. The highest BCUT2D eigenvalue weighted by Gasteiger charge is 2.36. The summed E-state index contributed by atoms with van der Waals surface area (Å²) < 4.78 is 51.9. The van der Waals surface area contributed by atoms with Gasteiger partial charge in [-0.25, -0.2) is 17.6 Å². The van der Waals surface area contributed by atoms with Crippen molar-refractivity contribution in [2.45, 2.75) is 12.3 Å². The second-order valence-electron chi connectivity index (χ2n) is 2.72. The molecular formula is C8H8F4N2. The molecule has 2 nitrogen and oxygen atoms in total. The highest BCUT2D eigenvalue weighted by Crippen LogP contribution is 2.34. The number of rotatable bonds is 3. The van der Waals surface area contributed by atoms with E-state index in [1.54, 1.807) is 0 Å². The first-order valence-corrected chi connectivity index (χ1v) is 3.86. The predicted molar refractivity (Wildman–Crippen MR) is 41.7 cm³/mol. The highest BCUT2D eigenvalue weighted by molar-refractivity contribution is 5.20. The SMILES string of the molecule is NCCC(F)(F)c1c(F)cncc1F. The van der Waals surface area contributed by atoms with Crippen LogP contribution in [0.25, 0.3) is 0 Å². The Morgan fingerprint density at radius 3 is 2.14 bits per heavy atom. The van der Waals surface area contributed by atoms with E-state index in [4.69, 9.17) is 5.73 Å². The van der Waals surface area contributed by atoms with Crippen LogP contribution in [0.1, 0.15) is 12.0 Å². The van der Waals surface area contributed by atoms with Crippen molar-refractivity contribution in [2.75, 3.05) is 6.54 Å². The zero-order valence-corrected chi connectivity index (χ0v) is 7.11. The molecule has 1 rings (SSSR count). The zero-order chi connectivity index (χ0) is 10.8. The quantitative estimate of drug-likeness (QED) is 0.769. The third kappa shape index (κ3) is 2.01. The third-order valence-corrected chi connectivity index (χ3v) is 1.68. The lowest BCUT2D eigenvalue weighted by atomic mass is 10.1. The van der Waals surface area contributed by atoms with E-state index in [0.717, 1.165) is 0 Å². The Kier molecular flexibility index (Phi) is 3.05. The van der Waals surface area contributed by atoms with Crippen LogP contribution in [0.15, 0.2) is 12.4 Å². The lowest BCUT2D eigenvalue weighted by Crippen LogP contribution is -2.22. The Labute approximate surface area is 77.7 Å². The van der Waals surface area contributed by atoms with Crippen LogP contribution in [0.3, 0.4) is 0 Å². The molecule has 1 aromatic heterocycles. The van der Waals surface area contributed by atoms with Gasteiger partial charge in [0.15, 0.2) is 11.6 Å². The Balaban J connectivity index is 3.17. The summed E-state index contributed by atoms with van der Waals surface area (Å²) >= 11 is 0. The van der Waals surface area contributed by atoms with E-state index in [9.17, 15) is 17.6 Å². The van der Waals surface area contributed by atoms with Crippen molar-refractivity contribution in [2.24, 2.45) is 5.73 Å². The standard InChI is InChI=1S/C8H8F4N2/c9-5-3-14-4-6(10)7(5)8(11,12)1-2-13/h3-4H,1-2,13H2. The molecule has 0 aliphatic carbocycles. The Morgan fingerprint density at radius 2 is 1.71 bits per heavy atom. The van der Waals surface area contributed by atoms with Crippen LogP contribution in [0, 0.1) is 11.6 Å². The van der Waals surface area contributed by atoms with Crippen LogP contribution in [0.2, 0.25) is 0 Å². The van der Waals surface area contributed by atoms with Crippen molar-refractivity contribution in [3.8, 4) is 0 Å². The molecule has 0 aromatic carbocycles. The van der Waals surface area contributed by atoms with Gasteiger partial charge in [-0.1, -0.05) is 0 Å². The number of nitrogens with zero attached hydrogens (tertiary/aromatic N) is 1. The number of hydrogen-bond donors (Lipinski definition) is 1. The van der Waals surface area contributed by atoms with E-state index in [-0.39, 0.29) is 6.54 Å². The molecule has 2 N–H and O–H groups in total. The molecule has 1 aromatic rings. The molecule has 0 aliphatic rings. The van der Waals surface area contributed by atoms with E-state index >= 15 is 0 Å². The van der Waals surface area contributed by atoms with Gasteiger partial charge in [0.25, 0.3) is 5.92 Å². The molecule has 0 fully saturated rings. The van der Waals surface area contributed by atoms with Gasteiger partial charge in [0.1, 0.15) is 0 Å². The molecule has 1 heterocycles. The van der Waals surface area contributed by atoms with Crippen molar-refractivity contribution < 1.29 is 17.6 Å². The van der Waals surface area contributed by atoms with Crippen LogP contribution in [0.4, 0.5) is 17.6 Å². The van der Waals surface area contributed by atoms with Gasteiger partial charge in [-0.3, -0.25) is 4.98 Å². The van der Waals surface area contributed by atoms with E-state index in [2.05, 4.69) is 4.98 Å². The third-order valence-electron chi connectivity index (χ3n) is 1.68. The van der Waals surface area contributed by atoms with Crippen molar-refractivity contribution in [1.82, 2.24) is 4.98 Å². The lowest BCUT2D eigenvalue weighted by Gasteiger charge is -2.16. The van der Waals surface area contributed by atoms with E-state index in [1.807, 2.05) is 0 Å². The smallest absolute Gasteiger partial charge is 0.280 e. The molecule has 0 bridgehead atoms. The fourth-order valence-corrected chi connectivity index (χ4v) is 1.07. The van der Waals surface area contributed by atoms with Crippen molar-refractivity contribution in [1.29, 1.82) is 0 Å². The monoisotopic (exact) mass is 208 g/mol. The van der Waals surface area contributed by atoms with E-state index < -0.39 is 29.5 Å². The topological polar surface area (TPSA) is 38.9 Å². The van der Waals surface area contributed by atoms with Gasteiger partial charge in [0.05, 0.1) is 18.0 Å². The number of hydrogen-bond acceptors (Lipinski definition) is 2. The number of aromatic nitrogens is 1. The van der Waals surface area contributed by atoms with Crippen molar-refractivity contribution in [3.63, 3.8) is 0 Å². The average Bonchev–Trinajstić information content (AvgIpc) is 2.02. The van der Waals surface area contributed by atoms with Crippen molar-refractivity contribution in [3.05, 3.63) is 29.6 Å². The van der Waals surface area contributed by atoms with E-state index in [0.29, 0.717) is 12.4 Å². The van der Waals surface area contributed by atoms with Gasteiger partial charge < -0.3 is 5.73 Å². The normalized spacial score (nSPS) is 11.8. The van der Waals surface area contributed by atoms with Gasteiger partial charge in [0.2, 0.25) is 0 Å². The second-order valence-corrected chi connectivity index (χ2v) is 2.72. The van der Waals surface area contributed by atoms with Gasteiger partial charge in [-0.05, 0) is 6.54 Å². The van der Waals surface area contributed by atoms with Crippen LogP contribution in [-0.2, 0) is 5.92 Å². The van der Waals surface area contributed by atoms with Crippen LogP contribution in [-0.4, -0.2) is 11.5 Å². The Hall–Kier alpha value is -1.17. The first-order chi connectivity index (χ1) is 6.49. The summed E-state index contributed by atoms with van der Waals surface area (Å²) in [5.74, 6) is -6.31. The number of halogens is 4. The maximum atomic E-state index is 13.1. The summed E-state index contributed by atoms with van der Waals surface area (Å²) in [4.78, 5) is 3.10. The highest BCUT2D eigenvalue weighted by atomic mass is 19.3. The van der Waals surface area contributed by atoms with Gasteiger partial charge >= 0.3 is 0 Å². The van der Waals surface area contributed by atoms with Crippen LogP contribution >= 0.6 is 0 Å². The molecular weight excluding hydrogens is 200 g/mol. The molecule has 0 saturated carbocycles. The van der Waals surface area contributed by atoms with Crippen LogP contribution < -0.4 is 5.73 Å². The molecule has 0 amide bonds. The predicted octanol–water partition coefficient (Wildman–Crippen LogP) is 1.80. The first kappa shape index (κ1) is 10.9. The number of nitrogens with two attached hydrogens (primary N) is 1. The number of pyridine rings is 1. The summed E-state index contributed by atoms with van der Waals surface area (Å²) in [6.07, 6.45) is 0.288. The van der Waals surface area contributed by atoms with E-state index in [1.165, 1.54) is 0 Å². The fourth-order valence-electron chi connectivity index (χ4n) is 1.07. The summed E-state index contributed by atoms with van der Waals surface area (Å²) in [7, 11) is 0. The van der Waals surface area contributed by atoms with Gasteiger partial charge in [0, 0.05) is 6.42 Å². The molecule has 0 aliphatic heterocycles. The maximum absolute atomic E-state index is 13.1. The largest absolute Gasteiger partial charge is 0.330 e. The lowest BCUT2D eigenvalue weighted by molar-refractivity contribution is -0.0178. The molecule has 0 radical (unpaired) electrons. The molecule has 0 spiro atoms. The summed E-state index contributed by atoms with van der Waals surface area (Å²) in [5.41, 5.74) is 3.65. The Bertz CT molecular complexity index is 307. The molecule has 0 saturated heterocycles. The first-order valence-electron chi connectivity index (χ1n) is 3.86. The second kappa shape index (κ2) is 3.91. The Morgan fingerprint density at radius 1 is 1.21 bits per heavy atom. The zero-order valence-electron chi connectivity index (χ0n) is 7.11.